The molecule has 2 aromatic rings. The maximum Gasteiger partial charge on any atom is 0.245 e. The summed E-state index contributed by atoms with van der Waals surface area (Å²) in [5.74, 6) is 1.22. The van der Waals surface area contributed by atoms with Gasteiger partial charge in [-0.15, -0.1) is 0 Å². The highest BCUT2D eigenvalue weighted by atomic mass is 16.5. The summed E-state index contributed by atoms with van der Waals surface area (Å²) < 4.78 is 10.6. The molecule has 2 amide bonds. The summed E-state index contributed by atoms with van der Waals surface area (Å²) >= 11 is 0. The topological polar surface area (TPSA) is 67.9 Å². The Balaban J connectivity index is 1.67. The van der Waals surface area contributed by atoms with Crippen molar-refractivity contribution in [3.63, 3.8) is 0 Å². The van der Waals surface area contributed by atoms with Crippen LogP contribution in [0.15, 0.2) is 48.5 Å². The Hall–Kier alpha value is -3.02. The van der Waals surface area contributed by atoms with E-state index < -0.39 is 5.54 Å². The summed E-state index contributed by atoms with van der Waals surface area (Å²) in [6, 6.07) is 15.5. The van der Waals surface area contributed by atoms with Gasteiger partial charge in [0.15, 0.2) is 11.5 Å². The van der Waals surface area contributed by atoms with E-state index in [4.69, 9.17) is 9.47 Å². The van der Waals surface area contributed by atoms with Gasteiger partial charge in [-0.3, -0.25) is 9.59 Å². The zero-order valence-corrected chi connectivity index (χ0v) is 17.2. The van der Waals surface area contributed by atoms with E-state index in [0.717, 1.165) is 11.1 Å². The quantitative estimate of drug-likeness (QED) is 0.745. The molecule has 1 unspecified atom stereocenters. The van der Waals surface area contributed by atoms with Gasteiger partial charge in [-0.05, 0) is 43.0 Å². The molecule has 1 aliphatic rings. The third-order valence-corrected chi connectivity index (χ3v) is 5.58. The molecule has 0 aliphatic carbocycles. The average Bonchev–Trinajstić information content (AvgIpc) is 3.05. The third kappa shape index (κ3) is 4.53. The van der Waals surface area contributed by atoms with Crippen LogP contribution in [0.4, 0.5) is 0 Å². The van der Waals surface area contributed by atoms with Gasteiger partial charge in [0, 0.05) is 19.5 Å². The number of ether oxygens (including phenoxy) is 2. The maximum absolute atomic E-state index is 13.0. The van der Waals surface area contributed by atoms with Crippen LogP contribution in [0.1, 0.15) is 30.9 Å². The van der Waals surface area contributed by atoms with Crippen molar-refractivity contribution in [1.82, 2.24) is 10.2 Å². The molecular weight excluding hydrogens is 368 g/mol. The molecule has 0 bridgehead atoms. The number of methoxy groups -OCH3 is 2. The molecule has 1 heterocycles. The van der Waals surface area contributed by atoms with Gasteiger partial charge in [0.2, 0.25) is 11.8 Å². The molecule has 0 spiro atoms. The van der Waals surface area contributed by atoms with Crippen LogP contribution in [0, 0.1) is 0 Å². The molecule has 6 nitrogen and oxygen atoms in total. The van der Waals surface area contributed by atoms with Crippen LogP contribution in [-0.4, -0.2) is 43.0 Å². The number of rotatable bonds is 8. The lowest BCUT2D eigenvalue weighted by Gasteiger charge is -2.34. The van der Waals surface area contributed by atoms with Crippen molar-refractivity contribution in [3.05, 3.63) is 59.7 Å². The number of hydrogen-bond donors (Lipinski definition) is 1. The number of hydrogen-bond acceptors (Lipinski definition) is 4. The van der Waals surface area contributed by atoms with Gasteiger partial charge in [-0.2, -0.15) is 0 Å². The Morgan fingerprint density at radius 2 is 1.79 bits per heavy atom. The van der Waals surface area contributed by atoms with Gasteiger partial charge in [-0.25, -0.2) is 0 Å². The van der Waals surface area contributed by atoms with Crippen LogP contribution in [0.3, 0.4) is 0 Å². The number of benzene rings is 2. The number of amides is 2. The first kappa shape index (κ1) is 20.7. The molecule has 29 heavy (non-hydrogen) atoms. The summed E-state index contributed by atoms with van der Waals surface area (Å²) in [7, 11) is 3.19. The van der Waals surface area contributed by atoms with Crippen molar-refractivity contribution in [2.45, 2.75) is 38.3 Å². The first-order valence-electron chi connectivity index (χ1n) is 9.81. The lowest BCUT2D eigenvalue weighted by atomic mass is 9.97. The van der Waals surface area contributed by atoms with Crippen molar-refractivity contribution in [2.75, 3.05) is 20.8 Å². The zero-order valence-electron chi connectivity index (χ0n) is 17.2. The van der Waals surface area contributed by atoms with Crippen LogP contribution < -0.4 is 14.8 Å². The van der Waals surface area contributed by atoms with Gasteiger partial charge < -0.3 is 19.7 Å². The standard InChI is InChI=1S/C23H28N2O4/c1-23(22(27)24-16-18-7-5-4-6-8-18)13-11-21(26)25(23)14-12-17-9-10-19(28-2)20(15-17)29-3/h4-10,15H,11-14,16H2,1-3H3,(H,24,27). The van der Waals surface area contributed by atoms with Crippen molar-refractivity contribution < 1.29 is 19.1 Å². The minimum atomic E-state index is -0.831. The van der Waals surface area contributed by atoms with Gasteiger partial charge >= 0.3 is 0 Å². The molecule has 1 atom stereocenters. The lowest BCUT2D eigenvalue weighted by molar-refractivity contribution is -0.140. The largest absolute Gasteiger partial charge is 0.493 e. The van der Waals surface area contributed by atoms with Crippen LogP contribution in [0.2, 0.25) is 0 Å². The normalized spacial score (nSPS) is 18.6. The first-order valence-corrected chi connectivity index (χ1v) is 9.81. The van der Waals surface area contributed by atoms with Gasteiger partial charge in [0.1, 0.15) is 5.54 Å². The van der Waals surface area contributed by atoms with Crippen LogP contribution >= 0.6 is 0 Å². The highest BCUT2D eigenvalue weighted by Crippen LogP contribution is 2.32. The number of likely N-dealkylation sites (tertiary alicyclic amines) is 1. The number of nitrogens with one attached hydrogen (secondary N) is 1. The third-order valence-electron chi connectivity index (χ3n) is 5.58. The monoisotopic (exact) mass is 396 g/mol. The molecule has 0 saturated carbocycles. The smallest absolute Gasteiger partial charge is 0.245 e. The van der Waals surface area contributed by atoms with E-state index in [0.29, 0.717) is 43.9 Å². The van der Waals surface area contributed by atoms with E-state index >= 15 is 0 Å². The SMILES string of the molecule is COc1ccc(CCN2C(=O)CCC2(C)C(=O)NCc2ccccc2)cc1OC. The molecule has 2 aromatic carbocycles. The Morgan fingerprint density at radius 1 is 1.07 bits per heavy atom. The van der Waals surface area contributed by atoms with E-state index in [1.807, 2.05) is 55.5 Å². The van der Waals surface area contributed by atoms with Gasteiger partial charge in [-0.1, -0.05) is 36.4 Å². The molecule has 0 aromatic heterocycles. The van der Waals surface area contributed by atoms with Crippen molar-refractivity contribution in [1.29, 1.82) is 0 Å². The fourth-order valence-electron chi connectivity index (χ4n) is 3.75. The molecule has 1 saturated heterocycles. The van der Waals surface area contributed by atoms with Crippen LogP contribution in [-0.2, 0) is 22.6 Å². The highest BCUT2D eigenvalue weighted by Gasteiger charge is 2.46. The van der Waals surface area contributed by atoms with Crippen molar-refractivity contribution in [3.8, 4) is 11.5 Å². The first-order chi connectivity index (χ1) is 14.0. The Morgan fingerprint density at radius 3 is 2.48 bits per heavy atom. The number of nitrogens with zero attached hydrogens (tertiary/aromatic N) is 1. The average molecular weight is 396 g/mol. The molecule has 154 valence electrons. The summed E-state index contributed by atoms with van der Waals surface area (Å²) in [4.78, 5) is 27.2. The second kappa shape index (κ2) is 8.99. The molecule has 1 aliphatic heterocycles. The molecular formula is C23H28N2O4. The fraction of sp³-hybridized carbons (Fsp3) is 0.391. The summed E-state index contributed by atoms with van der Waals surface area (Å²) in [5.41, 5.74) is 1.22. The number of carbonyl (C=O) groups excluding carboxylic acids is 2. The maximum atomic E-state index is 13.0. The van der Waals surface area contributed by atoms with Crippen molar-refractivity contribution in [2.24, 2.45) is 0 Å². The van der Waals surface area contributed by atoms with E-state index in [-0.39, 0.29) is 11.8 Å². The van der Waals surface area contributed by atoms with Crippen LogP contribution in [0.25, 0.3) is 0 Å². The van der Waals surface area contributed by atoms with Crippen LogP contribution in [0.5, 0.6) is 11.5 Å². The van der Waals surface area contributed by atoms with Gasteiger partial charge in [0.25, 0.3) is 0 Å². The van der Waals surface area contributed by atoms with E-state index in [1.165, 1.54) is 0 Å². The molecule has 3 rings (SSSR count). The minimum Gasteiger partial charge on any atom is -0.493 e. The fourth-order valence-corrected chi connectivity index (χ4v) is 3.75. The Labute approximate surface area is 171 Å². The predicted molar refractivity (Wildman–Crippen MR) is 111 cm³/mol. The second-order valence-corrected chi connectivity index (χ2v) is 7.43. The molecule has 1 N–H and O–H groups in total. The zero-order chi connectivity index (χ0) is 20.9. The van der Waals surface area contributed by atoms with E-state index in [1.54, 1.807) is 19.1 Å². The highest BCUT2D eigenvalue weighted by molar-refractivity contribution is 5.94. The van der Waals surface area contributed by atoms with Gasteiger partial charge in [0.05, 0.1) is 14.2 Å². The second-order valence-electron chi connectivity index (χ2n) is 7.43. The molecule has 0 radical (unpaired) electrons. The lowest BCUT2D eigenvalue weighted by Crippen LogP contribution is -2.54. The molecule has 1 fully saturated rings. The van der Waals surface area contributed by atoms with E-state index in [2.05, 4.69) is 5.32 Å². The molecule has 6 heteroatoms. The minimum absolute atomic E-state index is 0.0165. The number of carbonyl (C=O) groups is 2. The summed E-state index contributed by atoms with van der Waals surface area (Å²) in [6.07, 6.45) is 1.55. The van der Waals surface area contributed by atoms with Crippen molar-refractivity contribution >= 4 is 11.8 Å². The summed E-state index contributed by atoms with van der Waals surface area (Å²) in [5, 5.41) is 2.99. The van der Waals surface area contributed by atoms with E-state index in [9.17, 15) is 9.59 Å². The predicted octanol–water partition coefficient (Wildman–Crippen LogP) is 2.94. The Kier molecular flexibility index (Phi) is 6.42. The summed E-state index contributed by atoms with van der Waals surface area (Å²) in [6.45, 7) is 2.78. The Bertz CT molecular complexity index is 868.